The number of ether oxygens (including phenoxy) is 5. The maximum atomic E-state index is 14.5. The fourth-order valence-corrected chi connectivity index (χ4v) is 11.7. The van der Waals surface area contributed by atoms with E-state index in [1.807, 2.05) is 24.4 Å². The molecular weight excluding hydrogens is 837 g/mol. The van der Waals surface area contributed by atoms with Gasteiger partial charge in [0, 0.05) is 92.8 Å². The van der Waals surface area contributed by atoms with Crippen LogP contribution in [0.3, 0.4) is 0 Å². The largest absolute Gasteiger partial charge is 0.492 e. The number of aryl methyl sites for hydroxylation is 1. The van der Waals surface area contributed by atoms with Crippen LogP contribution in [0, 0.1) is 23.7 Å². The number of fused-ring (bicyclic) bond motifs is 8. The number of aromatic amines is 1. The third-order valence-electron chi connectivity index (χ3n) is 14.8. The van der Waals surface area contributed by atoms with Gasteiger partial charge in [0.15, 0.2) is 6.29 Å². The molecule has 15 heteroatoms. The van der Waals surface area contributed by atoms with Gasteiger partial charge in [-0.15, -0.1) is 0 Å². The van der Waals surface area contributed by atoms with Gasteiger partial charge in [-0.3, -0.25) is 9.59 Å². The molecule has 1 saturated heterocycles. The summed E-state index contributed by atoms with van der Waals surface area (Å²) in [4.78, 5) is 47.6. The lowest BCUT2D eigenvalue weighted by Gasteiger charge is -2.50. The molecule has 6 aliphatic rings. The van der Waals surface area contributed by atoms with Gasteiger partial charge in [0.2, 0.25) is 5.76 Å². The minimum absolute atomic E-state index is 0.00530. The first-order valence-corrected chi connectivity index (χ1v) is 23.1. The number of hydrogen-bond donors (Lipinski definition) is 6. The number of nitrogens with one attached hydrogen (secondary N) is 1. The van der Waals surface area contributed by atoms with Crippen molar-refractivity contribution in [2.24, 2.45) is 23.7 Å². The standard InChI is InChI=1S/C50H60N2O13/c1-3-62-49(59)48-37(24-56)42-31-14-33(23-55)44(58)35(16-31)34-15-30-7-9-51-40(30)17-29(34)6-5-27(21-53)26-63-46-36-18-41(64-45(36)38(25-57)47(65-48)43(42)46)50(60)19-28(22-54)13-32-20-52(10-4-12-61-2)11-8-39(32)50/h7,9,13,15,17,24,27,32-33,35,39,41,51,53-55,57,60H,3-6,8,10-12,14,16,18-23,25-26H2,1-2H3/b42-31-/t27-,32+,33+,35+,39-,41-,50+/m0/s1. The Hall–Kier alpha value is -4.87. The molecule has 0 spiro atoms. The third kappa shape index (κ3) is 8.02. The number of hydrogen-bond acceptors (Lipinski definition) is 14. The van der Waals surface area contributed by atoms with Gasteiger partial charge in [0.25, 0.3) is 0 Å². The number of likely N-dealkylation sites (tertiary alicyclic amines) is 1. The topological polar surface area (TPSA) is 218 Å². The van der Waals surface area contributed by atoms with Crippen molar-refractivity contribution in [2.75, 3.05) is 66.4 Å². The number of aromatic nitrogens is 1. The number of piperidine rings is 1. The second-order valence-electron chi connectivity index (χ2n) is 18.6. The summed E-state index contributed by atoms with van der Waals surface area (Å²) in [5.41, 5.74) is 3.53. The molecule has 1 aromatic heterocycles. The van der Waals surface area contributed by atoms with Crippen molar-refractivity contribution in [3.8, 4) is 17.2 Å². The molecule has 0 unspecified atom stereocenters. The third-order valence-corrected chi connectivity index (χ3v) is 14.8. The summed E-state index contributed by atoms with van der Waals surface area (Å²) in [6.07, 6.45) is 6.57. The first-order chi connectivity index (χ1) is 31.6. The summed E-state index contributed by atoms with van der Waals surface area (Å²) in [5.74, 6) is -3.32. The summed E-state index contributed by atoms with van der Waals surface area (Å²) in [7, 11) is 1.68. The molecule has 1 saturated carbocycles. The Morgan fingerprint density at radius 3 is 2.65 bits per heavy atom. The first kappa shape index (κ1) is 45.3. The van der Waals surface area contributed by atoms with Crippen LogP contribution in [0.25, 0.3) is 16.5 Å². The molecule has 4 aliphatic heterocycles. The van der Waals surface area contributed by atoms with Gasteiger partial charge >= 0.3 is 5.97 Å². The molecule has 2 bridgehead atoms. The number of ketones is 1. The van der Waals surface area contributed by atoms with E-state index in [1.54, 1.807) is 14.0 Å². The Bertz CT molecular complexity index is 2450. The number of esters is 1. The van der Waals surface area contributed by atoms with Gasteiger partial charge < -0.3 is 59.1 Å². The molecule has 5 heterocycles. The highest BCUT2D eigenvalue weighted by Crippen LogP contribution is 2.58. The summed E-state index contributed by atoms with van der Waals surface area (Å²) in [5, 5.41) is 57.6. The van der Waals surface area contributed by atoms with Gasteiger partial charge in [-0.2, -0.15) is 0 Å². The van der Waals surface area contributed by atoms with Crippen LogP contribution in [0.15, 0.2) is 53.0 Å². The first-order valence-electron chi connectivity index (χ1n) is 23.1. The van der Waals surface area contributed by atoms with E-state index in [2.05, 4.69) is 16.0 Å². The number of allylic oxidation sites excluding steroid dienone is 3. The van der Waals surface area contributed by atoms with Crippen LogP contribution in [-0.2, 0) is 43.3 Å². The molecule has 7 atom stereocenters. The number of benzene rings is 2. The minimum Gasteiger partial charge on any atom is -0.492 e. The Kier molecular flexibility index (Phi) is 13.1. The molecule has 3 aromatic rings. The lowest BCUT2D eigenvalue weighted by atomic mass is 9.64. The molecule has 2 aromatic carbocycles. The van der Waals surface area contributed by atoms with Crippen molar-refractivity contribution in [2.45, 2.75) is 82.5 Å². The number of aldehydes is 1. The van der Waals surface area contributed by atoms with E-state index in [4.69, 9.17) is 23.7 Å². The van der Waals surface area contributed by atoms with E-state index < -0.39 is 54.4 Å². The predicted molar refractivity (Wildman–Crippen MR) is 237 cm³/mol. The molecular formula is C50H60N2O13. The molecule has 6 N–H and O–H groups in total. The van der Waals surface area contributed by atoms with Gasteiger partial charge in [-0.25, -0.2) is 4.79 Å². The average Bonchev–Trinajstić information content (AvgIpc) is 3.98. The zero-order chi connectivity index (χ0) is 45.6. The lowest BCUT2D eigenvalue weighted by molar-refractivity contribution is -0.141. The number of rotatable bonds is 12. The van der Waals surface area contributed by atoms with Crippen molar-refractivity contribution >= 4 is 34.5 Å². The number of carbonyl (C=O) groups excluding carboxylic acids is 3. The number of aliphatic hydroxyl groups excluding tert-OH is 4. The van der Waals surface area contributed by atoms with Crippen LogP contribution in [0.5, 0.6) is 17.2 Å². The van der Waals surface area contributed by atoms with Crippen LogP contribution in [0.4, 0.5) is 0 Å². The SMILES string of the molecule is CCOC(=O)C1=C(C=O)/C2=C3\C[C@H](CO)C(=O)[C@H](C3)c3cc4cc[nH]c4cc3CC[C@@H](CO)COc3c4c(c(CO)c(c32)O1)O[C@H]([C@@]1(O)CC(CO)=C[C@@H]2CN(CCCOC)CC[C@@H]21)C4. The summed E-state index contributed by atoms with van der Waals surface area (Å²) < 4.78 is 31.0. The maximum Gasteiger partial charge on any atom is 0.375 e. The van der Waals surface area contributed by atoms with E-state index in [-0.39, 0.29) is 109 Å². The normalized spacial score (nSPS) is 28.8. The van der Waals surface area contributed by atoms with Crippen LogP contribution in [0.2, 0.25) is 0 Å². The van der Waals surface area contributed by atoms with E-state index in [0.29, 0.717) is 55.4 Å². The molecule has 0 radical (unpaired) electrons. The van der Waals surface area contributed by atoms with Crippen LogP contribution < -0.4 is 14.2 Å². The molecule has 2 aliphatic carbocycles. The highest BCUT2D eigenvalue weighted by molar-refractivity contribution is 6.11. The van der Waals surface area contributed by atoms with Crippen LogP contribution in [0.1, 0.15) is 79.2 Å². The molecule has 9 rings (SSSR count). The average molecular weight is 897 g/mol. The van der Waals surface area contributed by atoms with Crippen molar-refractivity contribution in [3.63, 3.8) is 0 Å². The zero-order valence-corrected chi connectivity index (χ0v) is 37.1. The Morgan fingerprint density at radius 1 is 1.06 bits per heavy atom. The Labute approximate surface area is 377 Å². The van der Waals surface area contributed by atoms with Gasteiger partial charge in [0.1, 0.15) is 34.7 Å². The Balaban J connectivity index is 1.23. The van der Waals surface area contributed by atoms with E-state index in [1.165, 1.54) is 0 Å². The van der Waals surface area contributed by atoms with E-state index in [9.17, 15) is 39.9 Å². The monoisotopic (exact) mass is 896 g/mol. The maximum absolute atomic E-state index is 14.5. The molecule has 348 valence electrons. The second kappa shape index (κ2) is 18.8. The number of Topliss-reactive ketones (excluding diaryl/α,β-unsaturated/α-hetero) is 1. The lowest BCUT2D eigenvalue weighted by Crippen LogP contribution is -2.59. The van der Waals surface area contributed by atoms with Crippen molar-refractivity contribution in [1.82, 2.24) is 9.88 Å². The van der Waals surface area contributed by atoms with Gasteiger partial charge in [-0.05, 0) is 98.2 Å². The fraction of sp³-hybridized carbons (Fsp3) is 0.540. The van der Waals surface area contributed by atoms with Crippen molar-refractivity contribution < 1.29 is 63.6 Å². The number of methoxy groups -OCH3 is 1. The van der Waals surface area contributed by atoms with E-state index in [0.717, 1.165) is 41.5 Å². The van der Waals surface area contributed by atoms with Gasteiger partial charge in [-0.1, -0.05) is 11.6 Å². The molecule has 65 heavy (non-hydrogen) atoms. The number of aliphatic hydroxyl groups is 5. The van der Waals surface area contributed by atoms with Gasteiger partial charge in [0.05, 0.1) is 49.7 Å². The van der Waals surface area contributed by atoms with Crippen molar-refractivity contribution in [1.29, 1.82) is 0 Å². The quantitative estimate of drug-likeness (QED) is 0.0660. The zero-order valence-electron chi connectivity index (χ0n) is 37.1. The number of carbonyl (C=O) groups is 3. The summed E-state index contributed by atoms with van der Waals surface area (Å²) in [6, 6.07) is 5.96. The molecule has 15 nitrogen and oxygen atoms in total. The van der Waals surface area contributed by atoms with Crippen LogP contribution in [-0.4, -0.2) is 132 Å². The van der Waals surface area contributed by atoms with E-state index >= 15 is 0 Å². The molecule has 2 fully saturated rings. The van der Waals surface area contributed by atoms with Crippen molar-refractivity contribution in [3.05, 3.63) is 80.8 Å². The number of H-pyrrole nitrogens is 1. The summed E-state index contributed by atoms with van der Waals surface area (Å²) in [6.45, 7) is 2.97. The number of nitrogens with zero attached hydrogens (tertiary/aromatic N) is 1. The highest BCUT2D eigenvalue weighted by Gasteiger charge is 2.55. The smallest absolute Gasteiger partial charge is 0.375 e. The minimum atomic E-state index is -1.46. The Morgan fingerprint density at radius 2 is 1.91 bits per heavy atom. The summed E-state index contributed by atoms with van der Waals surface area (Å²) >= 11 is 0. The highest BCUT2D eigenvalue weighted by atomic mass is 16.6. The fourth-order valence-electron chi connectivity index (χ4n) is 11.7. The van der Waals surface area contributed by atoms with Crippen LogP contribution >= 0.6 is 0 Å². The molecule has 0 amide bonds. The second-order valence-corrected chi connectivity index (χ2v) is 18.6. The predicted octanol–water partition coefficient (Wildman–Crippen LogP) is 3.84.